The van der Waals surface area contributed by atoms with Crippen LogP contribution in [0.1, 0.15) is 44.7 Å². The number of carboxylic acids is 1. The molecule has 6 N–H and O–H groups in total. The molecular weight excluding hydrogens is 747 g/mol. The van der Waals surface area contributed by atoms with E-state index in [1.54, 1.807) is 13.0 Å². The van der Waals surface area contributed by atoms with E-state index < -0.39 is 42.1 Å². The third kappa shape index (κ3) is 15.8. The molecule has 4 aromatic carbocycles. The van der Waals surface area contributed by atoms with E-state index in [0.29, 0.717) is 16.5 Å². The van der Waals surface area contributed by atoms with Crippen LogP contribution in [0.4, 0.5) is 0 Å². The van der Waals surface area contributed by atoms with Crippen LogP contribution in [0.5, 0.6) is 0 Å². The number of hydrogen-bond donors (Lipinski definition) is 5. The SMILES string of the molecule is CC(C)COC(=O)[C@H](O)C[C@@H](Cc1ccc(-c2cccc(Cl)c2)cc1)NC(=O)C(=O)O.CCOC(=O)[C@H](O)C[C@H](N)Cc1ccc(-c2cccc(Cl)c2)cc1. The molecule has 294 valence electrons. The Morgan fingerprint density at radius 3 is 1.62 bits per heavy atom. The van der Waals surface area contributed by atoms with Gasteiger partial charge in [-0.15, -0.1) is 0 Å². The number of carboxylic acid groups (broad SMARTS) is 1. The van der Waals surface area contributed by atoms with Gasteiger partial charge in [-0.1, -0.05) is 110 Å². The van der Waals surface area contributed by atoms with Crippen LogP contribution >= 0.6 is 23.2 Å². The van der Waals surface area contributed by atoms with Gasteiger partial charge in [0.1, 0.15) is 0 Å². The van der Waals surface area contributed by atoms with Gasteiger partial charge in [0.2, 0.25) is 0 Å². The minimum atomic E-state index is -1.64. The van der Waals surface area contributed by atoms with Gasteiger partial charge in [0, 0.05) is 28.5 Å². The summed E-state index contributed by atoms with van der Waals surface area (Å²) in [6.45, 7) is 5.83. The summed E-state index contributed by atoms with van der Waals surface area (Å²) in [5, 5.41) is 32.5. The number of aliphatic carboxylic acids is 1. The molecule has 0 fully saturated rings. The molecule has 0 aliphatic carbocycles. The molecular formula is C42H48Cl2N2O9. The molecule has 0 unspecified atom stereocenters. The minimum Gasteiger partial charge on any atom is -0.474 e. The van der Waals surface area contributed by atoms with Gasteiger partial charge in [0.05, 0.1) is 13.2 Å². The van der Waals surface area contributed by atoms with E-state index in [4.69, 9.17) is 43.5 Å². The number of nitrogens with two attached hydrogens (primary N) is 1. The van der Waals surface area contributed by atoms with Crippen LogP contribution in [0.15, 0.2) is 97.1 Å². The van der Waals surface area contributed by atoms with Gasteiger partial charge in [0.15, 0.2) is 12.2 Å². The summed E-state index contributed by atoms with van der Waals surface area (Å²) in [7, 11) is 0. The zero-order valence-electron chi connectivity index (χ0n) is 31.0. The summed E-state index contributed by atoms with van der Waals surface area (Å²) in [5.74, 6) is -4.16. The second kappa shape index (κ2) is 22.6. The average Bonchev–Trinajstić information content (AvgIpc) is 3.14. The Labute approximate surface area is 331 Å². The van der Waals surface area contributed by atoms with Gasteiger partial charge >= 0.3 is 23.8 Å². The Morgan fingerprint density at radius 2 is 1.16 bits per heavy atom. The lowest BCUT2D eigenvalue weighted by Gasteiger charge is -2.21. The Morgan fingerprint density at radius 1 is 0.691 bits per heavy atom. The van der Waals surface area contributed by atoms with Crippen LogP contribution < -0.4 is 11.1 Å². The van der Waals surface area contributed by atoms with Crippen molar-refractivity contribution in [3.8, 4) is 22.3 Å². The molecule has 55 heavy (non-hydrogen) atoms. The highest BCUT2D eigenvalue weighted by Gasteiger charge is 2.26. The number of aliphatic hydroxyl groups excluding tert-OH is 2. The lowest BCUT2D eigenvalue weighted by Crippen LogP contribution is -2.43. The molecule has 0 saturated heterocycles. The fourth-order valence-corrected chi connectivity index (χ4v) is 5.83. The minimum absolute atomic E-state index is 0.108. The van der Waals surface area contributed by atoms with Crippen LogP contribution in [0.25, 0.3) is 22.3 Å². The molecule has 0 bridgehead atoms. The molecule has 0 spiro atoms. The van der Waals surface area contributed by atoms with Crippen molar-refractivity contribution in [2.24, 2.45) is 11.7 Å². The monoisotopic (exact) mass is 794 g/mol. The molecule has 4 atom stereocenters. The quantitative estimate of drug-likeness (QED) is 0.0641. The lowest BCUT2D eigenvalue weighted by atomic mass is 9.98. The number of hydrogen-bond acceptors (Lipinski definition) is 9. The van der Waals surface area contributed by atoms with Crippen molar-refractivity contribution in [1.82, 2.24) is 5.32 Å². The third-order valence-corrected chi connectivity index (χ3v) is 8.63. The first-order valence-corrected chi connectivity index (χ1v) is 18.6. The molecule has 0 aromatic heterocycles. The van der Waals surface area contributed by atoms with Crippen molar-refractivity contribution in [2.75, 3.05) is 13.2 Å². The van der Waals surface area contributed by atoms with E-state index in [1.807, 2.05) is 105 Å². The maximum atomic E-state index is 12.0. The molecule has 0 aliphatic heterocycles. The van der Waals surface area contributed by atoms with Crippen LogP contribution in [0, 0.1) is 5.92 Å². The second-order valence-corrected chi connectivity index (χ2v) is 14.2. The number of esters is 2. The lowest BCUT2D eigenvalue weighted by molar-refractivity contribution is -0.156. The topological polar surface area (TPSA) is 185 Å². The van der Waals surface area contributed by atoms with E-state index in [0.717, 1.165) is 33.4 Å². The molecule has 13 heteroatoms. The Bertz CT molecular complexity index is 1850. The summed E-state index contributed by atoms with van der Waals surface area (Å²) in [4.78, 5) is 46.0. The van der Waals surface area contributed by atoms with Crippen molar-refractivity contribution < 1.29 is 44.0 Å². The number of halogens is 2. The van der Waals surface area contributed by atoms with E-state index >= 15 is 0 Å². The number of rotatable bonds is 16. The Balaban J connectivity index is 0.000000305. The highest BCUT2D eigenvalue weighted by molar-refractivity contribution is 6.31. The predicted octanol–water partition coefficient (Wildman–Crippen LogP) is 6.26. The first-order valence-electron chi connectivity index (χ1n) is 17.8. The molecule has 1 amide bonds. The van der Waals surface area contributed by atoms with Crippen molar-refractivity contribution in [2.45, 2.75) is 70.7 Å². The molecule has 4 aromatic rings. The van der Waals surface area contributed by atoms with Crippen LogP contribution in [-0.2, 0) is 41.5 Å². The molecule has 0 aliphatic rings. The van der Waals surface area contributed by atoms with Crippen molar-refractivity contribution in [3.63, 3.8) is 0 Å². The third-order valence-electron chi connectivity index (χ3n) is 8.16. The van der Waals surface area contributed by atoms with Crippen molar-refractivity contribution in [3.05, 3.63) is 118 Å². The Hall–Kier alpha value is -4.78. The van der Waals surface area contributed by atoms with E-state index in [9.17, 15) is 29.4 Å². The van der Waals surface area contributed by atoms with E-state index in [1.165, 1.54) is 0 Å². The largest absolute Gasteiger partial charge is 0.474 e. The van der Waals surface area contributed by atoms with Crippen molar-refractivity contribution in [1.29, 1.82) is 0 Å². The molecule has 0 heterocycles. The summed E-state index contributed by atoms with van der Waals surface area (Å²) in [5.41, 5.74) is 11.9. The summed E-state index contributed by atoms with van der Waals surface area (Å²) in [6.07, 6.45) is -1.86. The number of carbonyl (C=O) groups is 4. The van der Waals surface area contributed by atoms with Crippen LogP contribution in [-0.4, -0.2) is 76.6 Å². The van der Waals surface area contributed by atoms with Crippen LogP contribution in [0.2, 0.25) is 10.0 Å². The Kier molecular flexibility index (Phi) is 18.3. The second-order valence-electron chi connectivity index (χ2n) is 13.3. The average molecular weight is 796 g/mol. The number of aliphatic hydroxyl groups is 2. The zero-order valence-corrected chi connectivity index (χ0v) is 32.5. The predicted molar refractivity (Wildman–Crippen MR) is 212 cm³/mol. The van der Waals surface area contributed by atoms with E-state index in [2.05, 4.69) is 5.32 Å². The highest BCUT2D eigenvalue weighted by atomic mass is 35.5. The standard InChI is InChI=1S/C23H26ClNO6.C19H22ClNO3/c1-14(2)13-31-23(30)20(26)12-19(25-21(27)22(28)29)10-15-6-8-16(9-7-15)17-4-3-5-18(24)11-17;1-2-24-19(23)18(22)12-17(21)10-13-6-8-14(9-7-13)15-4-3-5-16(20)11-15/h3-9,11,14,19-20,26H,10,12-13H2,1-2H3,(H,25,27)(H,28,29);3-9,11,17-18,22H,2,10,12,21H2,1H3/t19-,20-;17-,18-/m11/s1. The normalized spacial score (nSPS) is 13.0. The zero-order chi connectivity index (χ0) is 40.5. The van der Waals surface area contributed by atoms with Crippen LogP contribution in [0.3, 0.4) is 0 Å². The number of ether oxygens (including phenoxy) is 2. The summed E-state index contributed by atoms with van der Waals surface area (Å²) in [6, 6.07) is 29.4. The highest BCUT2D eigenvalue weighted by Crippen LogP contribution is 2.25. The summed E-state index contributed by atoms with van der Waals surface area (Å²) < 4.78 is 9.79. The number of benzene rings is 4. The summed E-state index contributed by atoms with van der Waals surface area (Å²) >= 11 is 12.0. The fourth-order valence-electron chi connectivity index (χ4n) is 5.45. The van der Waals surface area contributed by atoms with Gasteiger partial charge in [-0.2, -0.15) is 0 Å². The first kappa shape index (κ1) is 44.6. The van der Waals surface area contributed by atoms with Gasteiger partial charge in [-0.05, 0) is 89.8 Å². The first-order chi connectivity index (χ1) is 26.1. The van der Waals surface area contributed by atoms with Crippen molar-refractivity contribution >= 4 is 47.0 Å². The molecule has 0 radical (unpaired) electrons. The van der Waals surface area contributed by atoms with Gasteiger partial charge in [-0.3, -0.25) is 4.79 Å². The molecule has 11 nitrogen and oxygen atoms in total. The fraction of sp³-hybridized carbons (Fsp3) is 0.333. The number of carbonyl (C=O) groups excluding carboxylic acids is 3. The molecule has 4 rings (SSSR count). The van der Waals surface area contributed by atoms with Gasteiger partial charge < -0.3 is 35.8 Å². The van der Waals surface area contributed by atoms with Gasteiger partial charge in [-0.25, -0.2) is 14.4 Å². The maximum Gasteiger partial charge on any atom is 0.394 e. The van der Waals surface area contributed by atoms with E-state index in [-0.39, 0.29) is 44.4 Å². The molecule has 0 saturated carbocycles. The smallest absolute Gasteiger partial charge is 0.394 e. The van der Waals surface area contributed by atoms with Gasteiger partial charge in [0.25, 0.3) is 0 Å². The number of nitrogens with one attached hydrogen (secondary N) is 1. The number of amides is 1. The maximum absolute atomic E-state index is 12.0.